The maximum absolute atomic E-state index is 12.3. The van der Waals surface area contributed by atoms with Gasteiger partial charge in [0.15, 0.2) is 0 Å². The van der Waals surface area contributed by atoms with E-state index in [9.17, 15) is 29.9 Å². The van der Waals surface area contributed by atoms with Crippen LogP contribution in [0.5, 0.6) is 5.75 Å². The Kier molecular flexibility index (Phi) is 5.38. The molecule has 0 atom stereocenters. The molecule has 0 radical (unpaired) electrons. The zero-order valence-electron chi connectivity index (χ0n) is 13.5. The van der Waals surface area contributed by atoms with Crippen molar-refractivity contribution in [2.45, 2.75) is 20.3 Å². The molecule has 0 unspecified atom stereocenters. The number of nitrogens with zero attached hydrogens (tertiary/aromatic N) is 1. The number of anilines is 1. The molecule has 25 heavy (non-hydrogen) atoms. The Labute approximate surface area is 146 Å². The van der Waals surface area contributed by atoms with Gasteiger partial charge in [-0.05, 0) is 29.3 Å². The number of amides is 1. The Morgan fingerprint density at radius 1 is 1.36 bits per heavy atom. The average molecular weight is 364 g/mol. The van der Waals surface area contributed by atoms with Crippen LogP contribution in [0.4, 0.5) is 10.7 Å². The van der Waals surface area contributed by atoms with Crippen LogP contribution in [-0.2, 0) is 6.42 Å². The number of carbonyl (C=O) groups is 2. The van der Waals surface area contributed by atoms with Gasteiger partial charge in [0.2, 0.25) is 0 Å². The highest BCUT2D eigenvalue weighted by atomic mass is 32.1. The smallest absolute Gasteiger partial charge is 0.338 e. The fraction of sp³-hybridized carbons (Fsp3) is 0.250. The van der Waals surface area contributed by atoms with Gasteiger partial charge >= 0.3 is 5.97 Å². The van der Waals surface area contributed by atoms with Gasteiger partial charge in [0.25, 0.3) is 11.6 Å². The van der Waals surface area contributed by atoms with Crippen LogP contribution in [0.3, 0.4) is 0 Å². The first-order chi connectivity index (χ1) is 11.7. The van der Waals surface area contributed by atoms with Crippen molar-refractivity contribution in [2.24, 2.45) is 5.92 Å². The van der Waals surface area contributed by atoms with Gasteiger partial charge in [-0.1, -0.05) is 13.8 Å². The molecule has 0 aliphatic rings. The van der Waals surface area contributed by atoms with Gasteiger partial charge in [-0.2, -0.15) is 0 Å². The molecule has 3 N–H and O–H groups in total. The molecule has 2 aromatic rings. The third-order valence-corrected chi connectivity index (χ3v) is 4.32. The maximum Gasteiger partial charge on any atom is 0.338 e. The first-order valence-corrected chi connectivity index (χ1v) is 8.21. The monoisotopic (exact) mass is 364 g/mol. The van der Waals surface area contributed by atoms with Crippen LogP contribution in [0.2, 0.25) is 0 Å². The molecule has 0 saturated heterocycles. The number of rotatable bonds is 6. The zero-order chi connectivity index (χ0) is 18.7. The highest BCUT2D eigenvalue weighted by molar-refractivity contribution is 7.15. The molecule has 132 valence electrons. The highest BCUT2D eigenvalue weighted by Gasteiger charge is 2.23. The number of benzene rings is 1. The molecular formula is C16H16N2O6S. The number of aromatic hydroxyl groups is 1. The highest BCUT2D eigenvalue weighted by Crippen LogP contribution is 2.31. The number of thiophene rings is 1. The molecule has 0 aliphatic carbocycles. The second-order valence-corrected chi connectivity index (χ2v) is 6.66. The van der Waals surface area contributed by atoms with E-state index in [1.807, 2.05) is 13.8 Å². The summed E-state index contributed by atoms with van der Waals surface area (Å²) in [5.74, 6) is -2.19. The molecule has 0 saturated carbocycles. The summed E-state index contributed by atoms with van der Waals surface area (Å²) in [5, 5.41) is 34.2. The third kappa shape index (κ3) is 4.13. The van der Waals surface area contributed by atoms with Crippen molar-refractivity contribution in [2.75, 3.05) is 5.32 Å². The largest absolute Gasteiger partial charge is 0.507 e. The number of non-ortho nitro benzene ring substituents is 1. The minimum absolute atomic E-state index is 0.00280. The Bertz CT molecular complexity index is 843. The van der Waals surface area contributed by atoms with E-state index >= 15 is 0 Å². The molecule has 0 bridgehead atoms. The van der Waals surface area contributed by atoms with Crippen molar-refractivity contribution in [3.8, 4) is 5.75 Å². The van der Waals surface area contributed by atoms with Crippen LogP contribution in [0.25, 0.3) is 0 Å². The molecule has 1 aromatic heterocycles. The van der Waals surface area contributed by atoms with E-state index in [1.54, 1.807) is 5.38 Å². The lowest BCUT2D eigenvalue weighted by Crippen LogP contribution is -2.14. The van der Waals surface area contributed by atoms with E-state index in [4.69, 9.17) is 0 Å². The minimum Gasteiger partial charge on any atom is -0.507 e. The van der Waals surface area contributed by atoms with Gasteiger partial charge < -0.3 is 15.5 Å². The first kappa shape index (κ1) is 18.4. The molecule has 8 nitrogen and oxygen atoms in total. The topological polar surface area (TPSA) is 130 Å². The summed E-state index contributed by atoms with van der Waals surface area (Å²) in [4.78, 5) is 34.0. The Balaban J connectivity index is 2.35. The summed E-state index contributed by atoms with van der Waals surface area (Å²) in [6.07, 6.45) is 0.538. The van der Waals surface area contributed by atoms with Crippen molar-refractivity contribution in [1.82, 2.24) is 0 Å². The number of carboxylic acid groups (broad SMARTS) is 1. The summed E-state index contributed by atoms with van der Waals surface area (Å²) in [6.45, 7) is 3.89. The Hall–Kier alpha value is -2.94. The Morgan fingerprint density at radius 2 is 2.04 bits per heavy atom. The molecule has 0 fully saturated rings. The second-order valence-electron chi connectivity index (χ2n) is 5.78. The van der Waals surface area contributed by atoms with Crippen molar-refractivity contribution in [3.05, 3.63) is 50.4 Å². The predicted molar refractivity (Wildman–Crippen MR) is 92.5 cm³/mol. The average Bonchev–Trinajstić information content (AvgIpc) is 2.88. The van der Waals surface area contributed by atoms with Gasteiger partial charge in [-0.15, -0.1) is 11.3 Å². The number of hydrogen-bond acceptors (Lipinski definition) is 6. The van der Waals surface area contributed by atoms with Gasteiger partial charge in [0, 0.05) is 12.1 Å². The minimum atomic E-state index is -1.17. The fourth-order valence-electron chi connectivity index (χ4n) is 2.30. The zero-order valence-corrected chi connectivity index (χ0v) is 14.3. The number of nitro groups is 1. The van der Waals surface area contributed by atoms with Crippen molar-refractivity contribution in [1.29, 1.82) is 0 Å². The van der Waals surface area contributed by atoms with Gasteiger partial charge in [0.05, 0.1) is 16.1 Å². The lowest BCUT2D eigenvalue weighted by Gasteiger charge is -2.08. The normalized spacial score (nSPS) is 10.7. The Morgan fingerprint density at radius 3 is 2.60 bits per heavy atom. The van der Waals surface area contributed by atoms with E-state index < -0.39 is 22.5 Å². The number of hydrogen-bond donors (Lipinski definition) is 3. The van der Waals surface area contributed by atoms with E-state index in [0.717, 1.165) is 29.5 Å². The van der Waals surface area contributed by atoms with Crippen molar-refractivity contribution in [3.63, 3.8) is 0 Å². The summed E-state index contributed by atoms with van der Waals surface area (Å²) in [6, 6.07) is 3.05. The summed E-state index contributed by atoms with van der Waals surface area (Å²) in [7, 11) is 0. The SMILES string of the molecule is CC(C)Cc1csc(NC(=O)c2cc([N+](=O)[O-])ccc2O)c1C(=O)O. The van der Waals surface area contributed by atoms with Crippen LogP contribution in [0.1, 0.15) is 40.1 Å². The number of nitro benzene ring substituents is 1. The lowest BCUT2D eigenvalue weighted by molar-refractivity contribution is -0.384. The third-order valence-electron chi connectivity index (χ3n) is 3.37. The van der Waals surface area contributed by atoms with Crippen LogP contribution < -0.4 is 5.32 Å². The molecule has 1 amide bonds. The van der Waals surface area contributed by atoms with Gasteiger partial charge in [-0.25, -0.2) is 4.79 Å². The molecule has 0 spiro atoms. The molecule has 1 aromatic carbocycles. The standard InChI is InChI=1S/C16H16N2O6S/c1-8(2)5-9-7-25-15(13(9)16(21)22)17-14(20)11-6-10(18(23)24)3-4-12(11)19/h3-4,6-8,19H,5H2,1-2H3,(H,17,20)(H,21,22). The van der Waals surface area contributed by atoms with E-state index in [2.05, 4.69) is 5.32 Å². The van der Waals surface area contributed by atoms with E-state index in [-0.39, 0.29) is 27.7 Å². The number of nitrogens with one attached hydrogen (secondary N) is 1. The van der Waals surface area contributed by atoms with Gasteiger partial charge in [-0.3, -0.25) is 14.9 Å². The maximum atomic E-state index is 12.3. The lowest BCUT2D eigenvalue weighted by atomic mass is 10.0. The van der Waals surface area contributed by atoms with Crippen LogP contribution in [-0.4, -0.2) is 27.0 Å². The quantitative estimate of drug-likeness (QED) is 0.531. The molecular weight excluding hydrogens is 348 g/mol. The fourth-order valence-corrected chi connectivity index (χ4v) is 3.26. The first-order valence-electron chi connectivity index (χ1n) is 7.33. The van der Waals surface area contributed by atoms with Crippen molar-refractivity contribution < 1.29 is 24.7 Å². The number of carboxylic acids is 1. The molecule has 9 heteroatoms. The van der Waals surface area contributed by atoms with Crippen LogP contribution in [0.15, 0.2) is 23.6 Å². The number of aromatic carboxylic acids is 1. The van der Waals surface area contributed by atoms with Gasteiger partial charge in [0.1, 0.15) is 10.8 Å². The second kappa shape index (κ2) is 7.31. The molecule has 0 aliphatic heterocycles. The van der Waals surface area contributed by atoms with Crippen LogP contribution in [0, 0.1) is 16.0 Å². The van der Waals surface area contributed by atoms with Crippen LogP contribution >= 0.6 is 11.3 Å². The summed E-state index contributed by atoms with van der Waals surface area (Å²) < 4.78 is 0. The number of carbonyl (C=O) groups excluding carboxylic acids is 1. The summed E-state index contributed by atoms with van der Waals surface area (Å²) >= 11 is 1.06. The number of phenols is 1. The molecule has 1 heterocycles. The van der Waals surface area contributed by atoms with Crippen molar-refractivity contribution >= 4 is 33.9 Å². The predicted octanol–water partition coefficient (Wildman–Crippen LogP) is 3.51. The summed E-state index contributed by atoms with van der Waals surface area (Å²) in [5.41, 5.74) is -0.0551. The molecule has 2 rings (SSSR count). The van der Waals surface area contributed by atoms with E-state index in [0.29, 0.717) is 12.0 Å². The number of phenolic OH excluding ortho intramolecular Hbond substituents is 1. The van der Waals surface area contributed by atoms with E-state index in [1.165, 1.54) is 0 Å².